The van der Waals surface area contributed by atoms with Gasteiger partial charge in [-0.15, -0.1) is 0 Å². The average molecular weight is 258 g/mol. The lowest BCUT2D eigenvalue weighted by molar-refractivity contribution is 0.352. The van der Waals surface area contributed by atoms with Gasteiger partial charge in [0.05, 0.1) is 0 Å². The normalized spacial score (nSPS) is 25.1. The fourth-order valence-electron chi connectivity index (χ4n) is 2.56. The van der Waals surface area contributed by atoms with Crippen molar-refractivity contribution in [2.75, 3.05) is 18.0 Å². The standard InChI is InChI=1S/C12H17ClFN3/c1-7-4-8(2)6-17(5-7)12-10(14)11(13)15-9(3)16-12/h7-8H,4-6H2,1-3H3. The summed E-state index contributed by atoms with van der Waals surface area (Å²) in [5, 5.41) is -0.0848. The maximum atomic E-state index is 13.9. The quantitative estimate of drug-likeness (QED) is 0.724. The Bertz CT molecular complexity index is 414. The van der Waals surface area contributed by atoms with E-state index in [1.165, 1.54) is 6.42 Å². The van der Waals surface area contributed by atoms with Gasteiger partial charge in [-0.05, 0) is 25.2 Å². The van der Waals surface area contributed by atoms with Gasteiger partial charge in [-0.2, -0.15) is 4.39 Å². The minimum atomic E-state index is -0.501. The number of hydrogen-bond acceptors (Lipinski definition) is 3. The molecule has 2 unspecified atom stereocenters. The van der Waals surface area contributed by atoms with E-state index in [-0.39, 0.29) is 5.15 Å². The first-order valence-corrected chi connectivity index (χ1v) is 6.29. The molecule has 2 atom stereocenters. The van der Waals surface area contributed by atoms with Crippen molar-refractivity contribution in [1.82, 2.24) is 9.97 Å². The van der Waals surface area contributed by atoms with Crippen molar-refractivity contribution in [3.05, 3.63) is 16.8 Å². The van der Waals surface area contributed by atoms with Gasteiger partial charge in [0.2, 0.25) is 5.82 Å². The summed E-state index contributed by atoms with van der Waals surface area (Å²) in [6, 6.07) is 0. The van der Waals surface area contributed by atoms with Gasteiger partial charge < -0.3 is 4.90 Å². The van der Waals surface area contributed by atoms with Gasteiger partial charge in [0, 0.05) is 13.1 Å². The molecule has 5 heteroatoms. The largest absolute Gasteiger partial charge is 0.353 e. The third kappa shape index (κ3) is 2.68. The second kappa shape index (κ2) is 4.77. The van der Waals surface area contributed by atoms with Crippen molar-refractivity contribution in [3.63, 3.8) is 0 Å². The zero-order valence-electron chi connectivity index (χ0n) is 10.4. The zero-order valence-corrected chi connectivity index (χ0v) is 11.1. The van der Waals surface area contributed by atoms with Crippen molar-refractivity contribution in [2.24, 2.45) is 11.8 Å². The number of anilines is 1. The molecule has 1 aromatic heterocycles. The highest BCUT2D eigenvalue weighted by molar-refractivity contribution is 6.29. The van der Waals surface area contributed by atoms with Crippen LogP contribution in [0.3, 0.4) is 0 Å². The fraction of sp³-hybridized carbons (Fsp3) is 0.667. The maximum absolute atomic E-state index is 13.9. The Labute approximate surface area is 106 Å². The van der Waals surface area contributed by atoms with E-state index >= 15 is 0 Å². The van der Waals surface area contributed by atoms with Crippen molar-refractivity contribution in [3.8, 4) is 0 Å². The summed E-state index contributed by atoms with van der Waals surface area (Å²) in [4.78, 5) is 9.98. The molecule has 1 aliphatic heterocycles. The molecule has 2 rings (SSSR count). The Morgan fingerprint density at radius 3 is 2.41 bits per heavy atom. The average Bonchev–Trinajstić information content (AvgIpc) is 2.22. The third-order valence-corrected chi connectivity index (χ3v) is 3.32. The van der Waals surface area contributed by atoms with E-state index in [0.29, 0.717) is 23.5 Å². The molecular formula is C12H17ClFN3. The molecule has 1 fully saturated rings. The molecule has 1 saturated heterocycles. The number of hydrogen-bond donors (Lipinski definition) is 0. The van der Waals surface area contributed by atoms with E-state index in [2.05, 4.69) is 23.8 Å². The fourth-order valence-corrected chi connectivity index (χ4v) is 2.76. The monoisotopic (exact) mass is 257 g/mol. The molecule has 0 aliphatic carbocycles. The predicted molar refractivity (Wildman–Crippen MR) is 66.9 cm³/mol. The highest BCUT2D eigenvalue weighted by atomic mass is 35.5. The Balaban J connectivity index is 2.33. The first-order valence-electron chi connectivity index (χ1n) is 5.92. The van der Waals surface area contributed by atoms with E-state index in [0.717, 1.165) is 13.1 Å². The van der Waals surface area contributed by atoms with Gasteiger partial charge in [-0.1, -0.05) is 25.4 Å². The summed E-state index contributed by atoms with van der Waals surface area (Å²) < 4.78 is 13.9. The Kier molecular flexibility index (Phi) is 3.52. The minimum absolute atomic E-state index is 0.0848. The topological polar surface area (TPSA) is 29.0 Å². The smallest absolute Gasteiger partial charge is 0.202 e. The van der Waals surface area contributed by atoms with Crippen LogP contribution in [-0.2, 0) is 0 Å². The number of aromatic nitrogens is 2. The Morgan fingerprint density at radius 1 is 1.24 bits per heavy atom. The van der Waals surface area contributed by atoms with Gasteiger partial charge in [-0.3, -0.25) is 0 Å². The van der Waals surface area contributed by atoms with Crippen molar-refractivity contribution >= 4 is 17.4 Å². The molecule has 1 aliphatic rings. The highest BCUT2D eigenvalue weighted by Crippen LogP contribution is 2.28. The molecule has 0 bridgehead atoms. The summed E-state index contributed by atoms with van der Waals surface area (Å²) in [6.45, 7) is 7.74. The van der Waals surface area contributed by atoms with Crippen molar-refractivity contribution in [2.45, 2.75) is 27.2 Å². The van der Waals surface area contributed by atoms with E-state index < -0.39 is 5.82 Å². The van der Waals surface area contributed by atoms with Crippen LogP contribution in [-0.4, -0.2) is 23.1 Å². The lowest BCUT2D eigenvalue weighted by Gasteiger charge is -2.35. The van der Waals surface area contributed by atoms with Crippen LogP contribution in [0.5, 0.6) is 0 Å². The molecule has 0 aromatic carbocycles. The third-order valence-electron chi connectivity index (χ3n) is 3.07. The Hall–Kier alpha value is -0.900. The van der Waals surface area contributed by atoms with Crippen LogP contribution < -0.4 is 4.90 Å². The van der Waals surface area contributed by atoms with Crippen molar-refractivity contribution in [1.29, 1.82) is 0 Å². The molecule has 0 radical (unpaired) electrons. The number of rotatable bonds is 1. The van der Waals surface area contributed by atoms with Crippen LogP contribution in [0.1, 0.15) is 26.1 Å². The molecule has 3 nitrogen and oxygen atoms in total. The molecule has 0 amide bonds. The van der Waals surface area contributed by atoms with Gasteiger partial charge in [0.25, 0.3) is 0 Å². The number of aryl methyl sites for hydroxylation is 1. The molecule has 94 valence electrons. The van der Waals surface area contributed by atoms with Crippen LogP contribution in [0.15, 0.2) is 0 Å². The SMILES string of the molecule is Cc1nc(Cl)c(F)c(N2CC(C)CC(C)C2)n1. The molecule has 1 aromatic rings. The number of nitrogens with zero attached hydrogens (tertiary/aromatic N) is 3. The summed E-state index contributed by atoms with van der Waals surface area (Å²) in [5.41, 5.74) is 0. The number of piperidine rings is 1. The lowest BCUT2D eigenvalue weighted by Crippen LogP contribution is -2.39. The van der Waals surface area contributed by atoms with E-state index in [9.17, 15) is 4.39 Å². The molecule has 0 saturated carbocycles. The molecule has 17 heavy (non-hydrogen) atoms. The van der Waals surface area contributed by atoms with E-state index in [1.54, 1.807) is 6.92 Å². The second-order valence-electron chi connectivity index (χ2n) is 5.05. The van der Waals surface area contributed by atoms with Gasteiger partial charge in [0.15, 0.2) is 11.0 Å². The second-order valence-corrected chi connectivity index (χ2v) is 5.41. The summed E-state index contributed by atoms with van der Waals surface area (Å²) in [7, 11) is 0. The summed E-state index contributed by atoms with van der Waals surface area (Å²) >= 11 is 5.76. The zero-order chi connectivity index (χ0) is 12.6. The van der Waals surface area contributed by atoms with Crippen LogP contribution >= 0.6 is 11.6 Å². The molecule has 0 N–H and O–H groups in total. The number of halogens is 2. The van der Waals surface area contributed by atoms with Crippen molar-refractivity contribution < 1.29 is 4.39 Å². The lowest BCUT2D eigenvalue weighted by atomic mass is 9.92. The van der Waals surface area contributed by atoms with Gasteiger partial charge in [0.1, 0.15) is 5.82 Å². The summed E-state index contributed by atoms with van der Waals surface area (Å²) in [6.07, 6.45) is 1.18. The van der Waals surface area contributed by atoms with E-state index in [4.69, 9.17) is 11.6 Å². The van der Waals surface area contributed by atoms with Crippen LogP contribution in [0.4, 0.5) is 10.2 Å². The van der Waals surface area contributed by atoms with Crippen LogP contribution in [0.25, 0.3) is 0 Å². The molecule has 2 heterocycles. The van der Waals surface area contributed by atoms with E-state index in [1.807, 2.05) is 4.90 Å². The van der Waals surface area contributed by atoms with Crippen LogP contribution in [0, 0.1) is 24.6 Å². The van der Waals surface area contributed by atoms with Gasteiger partial charge in [-0.25, -0.2) is 9.97 Å². The molecular weight excluding hydrogens is 241 g/mol. The maximum Gasteiger partial charge on any atom is 0.202 e. The van der Waals surface area contributed by atoms with Gasteiger partial charge >= 0.3 is 0 Å². The predicted octanol–water partition coefficient (Wildman–Crippen LogP) is 3.06. The highest BCUT2D eigenvalue weighted by Gasteiger charge is 2.26. The Morgan fingerprint density at radius 2 is 1.82 bits per heavy atom. The first kappa shape index (κ1) is 12.6. The minimum Gasteiger partial charge on any atom is -0.353 e. The van der Waals surface area contributed by atoms with Crippen LogP contribution in [0.2, 0.25) is 5.15 Å². The first-order chi connectivity index (χ1) is 7.97. The molecule has 0 spiro atoms. The summed E-state index contributed by atoms with van der Waals surface area (Å²) in [5.74, 6) is 1.45.